The van der Waals surface area contributed by atoms with Crippen molar-refractivity contribution >= 4 is 5.95 Å². The third-order valence-corrected chi connectivity index (χ3v) is 5.36. The first-order chi connectivity index (χ1) is 12.0. The minimum Gasteiger partial charge on any atom is -0.388 e. The Bertz CT molecular complexity index is 725. The van der Waals surface area contributed by atoms with Crippen LogP contribution in [0.5, 0.6) is 0 Å². The molecule has 0 saturated carbocycles. The van der Waals surface area contributed by atoms with Crippen molar-refractivity contribution in [1.29, 1.82) is 0 Å². The molecule has 2 aliphatic rings. The first kappa shape index (κ1) is 16.4. The Morgan fingerprint density at radius 3 is 2.60 bits per heavy atom. The van der Waals surface area contributed by atoms with Gasteiger partial charge in [-0.3, -0.25) is 0 Å². The predicted molar refractivity (Wildman–Crippen MR) is 90.5 cm³/mol. The second-order valence-electron chi connectivity index (χ2n) is 7.26. The van der Waals surface area contributed by atoms with Crippen molar-refractivity contribution in [3.8, 4) is 5.69 Å². The Hall–Kier alpha value is -2.03. The molecule has 2 aliphatic heterocycles. The van der Waals surface area contributed by atoms with Gasteiger partial charge in [0, 0.05) is 19.5 Å². The highest BCUT2D eigenvalue weighted by Crippen LogP contribution is 2.40. The molecular formula is C17H23N5O3. The third kappa shape index (κ3) is 3.01. The van der Waals surface area contributed by atoms with E-state index in [9.17, 15) is 10.2 Å². The summed E-state index contributed by atoms with van der Waals surface area (Å²) in [6.07, 6.45) is 1.13. The van der Waals surface area contributed by atoms with Gasteiger partial charge in [0.2, 0.25) is 5.95 Å². The lowest BCUT2D eigenvalue weighted by Crippen LogP contribution is -2.59. The molecule has 4 rings (SSSR count). The Morgan fingerprint density at radius 1 is 1.20 bits per heavy atom. The zero-order valence-electron chi connectivity index (χ0n) is 14.2. The molecule has 1 aromatic heterocycles. The molecule has 0 unspecified atom stereocenters. The summed E-state index contributed by atoms with van der Waals surface area (Å²) >= 11 is 0. The molecule has 2 saturated heterocycles. The van der Waals surface area contributed by atoms with Crippen LogP contribution >= 0.6 is 0 Å². The number of nitrogens with zero attached hydrogens (tertiary/aromatic N) is 5. The average molecular weight is 345 g/mol. The average Bonchev–Trinajstić information content (AvgIpc) is 3.09. The van der Waals surface area contributed by atoms with Gasteiger partial charge in [0.15, 0.2) is 0 Å². The Labute approximate surface area is 146 Å². The molecule has 3 heterocycles. The molecule has 2 N–H and O–H groups in total. The molecule has 8 heteroatoms. The van der Waals surface area contributed by atoms with Crippen molar-refractivity contribution in [2.75, 3.05) is 24.6 Å². The molecule has 2 atom stereocenters. The van der Waals surface area contributed by atoms with Crippen LogP contribution in [0.25, 0.3) is 5.69 Å². The lowest BCUT2D eigenvalue weighted by atomic mass is 9.77. The molecule has 1 aromatic carbocycles. The van der Waals surface area contributed by atoms with Crippen LogP contribution in [-0.4, -0.2) is 67.4 Å². The molecule has 8 nitrogen and oxygen atoms in total. The van der Waals surface area contributed by atoms with Gasteiger partial charge in [0.25, 0.3) is 0 Å². The second-order valence-corrected chi connectivity index (χ2v) is 7.26. The van der Waals surface area contributed by atoms with Crippen molar-refractivity contribution < 1.29 is 14.9 Å². The minimum atomic E-state index is -1.11. The van der Waals surface area contributed by atoms with E-state index in [0.717, 1.165) is 31.6 Å². The standard InChI is InChI=1S/C17H23N5O3/c1-16(24)12-17(25-11-14(16)23)7-9-21(10-8-17)15-18-19-20-22(15)13-5-3-2-4-6-13/h2-6,14,23-24H,7-12H2,1H3/t14-,16-/m0/s1. The molecule has 0 radical (unpaired) electrons. The smallest absolute Gasteiger partial charge is 0.250 e. The van der Waals surface area contributed by atoms with Crippen molar-refractivity contribution in [2.45, 2.75) is 43.5 Å². The number of aromatic nitrogens is 4. The highest BCUT2D eigenvalue weighted by Gasteiger charge is 2.48. The van der Waals surface area contributed by atoms with Gasteiger partial charge < -0.3 is 19.8 Å². The molecule has 1 spiro atoms. The van der Waals surface area contributed by atoms with Crippen molar-refractivity contribution in [1.82, 2.24) is 20.2 Å². The third-order valence-electron chi connectivity index (χ3n) is 5.36. The quantitative estimate of drug-likeness (QED) is 0.820. The summed E-state index contributed by atoms with van der Waals surface area (Å²) in [4.78, 5) is 2.14. The van der Waals surface area contributed by atoms with E-state index in [1.54, 1.807) is 11.6 Å². The molecule has 0 bridgehead atoms. The molecule has 0 aliphatic carbocycles. The highest BCUT2D eigenvalue weighted by atomic mass is 16.5. The van der Waals surface area contributed by atoms with E-state index in [4.69, 9.17) is 4.74 Å². The number of rotatable bonds is 2. The monoisotopic (exact) mass is 345 g/mol. The van der Waals surface area contributed by atoms with Crippen LogP contribution < -0.4 is 4.90 Å². The maximum Gasteiger partial charge on any atom is 0.250 e. The van der Waals surface area contributed by atoms with Gasteiger partial charge in [0.1, 0.15) is 6.10 Å². The van der Waals surface area contributed by atoms with E-state index in [1.165, 1.54) is 0 Å². The van der Waals surface area contributed by atoms with Crippen molar-refractivity contribution in [3.63, 3.8) is 0 Å². The zero-order chi connectivity index (χ0) is 17.5. The van der Waals surface area contributed by atoms with Crippen molar-refractivity contribution in [3.05, 3.63) is 30.3 Å². The summed E-state index contributed by atoms with van der Waals surface area (Å²) in [6, 6.07) is 9.80. The topological polar surface area (TPSA) is 96.5 Å². The number of hydrogen-bond donors (Lipinski definition) is 2. The van der Waals surface area contributed by atoms with E-state index in [1.807, 2.05) is 30.3 Å². The number of piperidine rings is 1. The molecule has 2 fully saturated rings. The normalized spacial score (nSPS) is 29.1. The van der Waals surface area contributed by atoms with Crippen LogP contribution in [0.2, 0.25) is 0 Å². The number of aliphatic hydroxyl groups excluding tert-OH is 1. The summed E-state index contributed by atoms with van der Waals surface area (Å²) in [5.41, 5.74) is -0.571. The van der Waals surface area contributed by atoms with E-state index in [0.29, 0.717) is 12.4 Å². The summed E-state index contributed by atoms with van der Waals surface area (Å²) in [5.74, 6) is 0.712. The lowest BCUT2D eigenvalue weighted by molar-refractivity contribution is -0.216. The summed E-state index contributed by atoms with van der Waals surface area (Å²) in [7, 11) is 0. The fraction of sp³-hybridized carbons (Fsp3) is 0.588. The van der Waals surface area contributed by atoms with Gasteiger partial charge in [-0.1, -0.05) is 23.3 Å². The van der Waals surface area contributed by atoms with E-state index in [-0.39, 0.29) is 12.2 Å². The fourth-order valence-corrected chi connectivity index (χ4v) is 3.81. The molecular weight excluding hydrogens is 322 g/mol. The van der Waals surface area contributed by atoms with E-state index < -0.39 is 11.7 Å². The number of tetrazole rings is 1. The Balaban J connectivity index is 1.50. The largest absolute Gasteiger partial charge is 0.388 e. The molecule has 25 heavy (non-hydrogen) atoms. The van der Waals surface area contributed by atoms with Gasteiger partial charge >= 0.3 is 0 Å². The molecule has 2 aromatic rings. The van der Waals surface area contributed by atoms with Gasteiger partial charge in [-0.25, -0.2) is 0 Å². The number of anilines is 1. The molecule has 0 amide bonds. The highest BCUT2D eigenvalue weighted by molar-refractivity contribution is 5.41. The summed E-state index contributed by atoms with van der Waals surface area (Å²) in [5, 5.41) is 32.4. The van der Waals surface area contributed by atoms with Crippen LogP contribution in [0.3, 0.4) is 0 Å². The van der Waals surface area contributed by atoms with Crippen LogP contribution in [0.15, 0.2) is 30.3 Å². The number of aliphatic hydroxyl groups is 2. The SMILES string of the molecule is C[C@]1(O)CC2(CCN(c3nnnn3-c3ccccc3)CC2)OC[C@@H]1O. The molecule has 134 valence electrons. The lowest BCUT2D eigenvalue weighted by Gasteiger charge is -2.49. The summed E-state index contributed by atoms with van der Waals surface area (Å²) in [6.45, 7) is 3.33. The zero-order valence-corrected chi connectivity index (χ0v) is 14.2. The van der Waals surface area contributed by atoms with Crippen LogP contribution in [0.4, 0.5) is 5.95 Å². The second kappa shape index (κ2) is 6.05. The fourth-order valence-electron chi connectivity index (χ4n) is 3.81. The number of hydrogen-bond acceptors (Lipinski definition) is 7. The van der Waals surface area contributed by atoms with Crippen LogP contribution in [0.1, 0.15) is 26.2 Å². The van der Waals surface area contributed by atoms with E-state index in [2.05, 4.69) is 20.4 Å². The first-order valence-electron chi connectivity index (χ1n) is 8.62. The maximum absolute atomic E-state index is 10.4. The van der Waals surface area contributed by atoms with Gasteiger partial charge in [-0.15, -0.1) is 0 Å². The number of ether oxygens (including phenoxy) is 1. The summed E-state index contributed by atoms with van der Waals surface area (Å²) < 4.78 is 7.68. The van der Waals surface area contributed by atoms with Gasteiger partial charge in [-0.2, -0.15) is 4.68 Å². The van der Waals surface area contributed by atoms with Crippen LogP contribution in [-0.2, 0) is 4.74 Å². The van der Waals surface area contributed by atoms with E-state index >= 15 is 0 Å². The Morgan fingerprint density at radius 2 is 1.92 bits per heavy atom. The van der Waals surface area contributed by atoms with Crippen molar-refractivity contribution in [2.24, 2.45) is 0 Å². The number of para-hydroxylation sites is 1. The number of benzene rings is 1. The van der Waals surface area contributed by atoms with Gasteiger partial charge in [-0.05, 0) is 42.3 Å². The maximum atomic E-state index is 10.4. The van der Waals surface area contributed by atoms with Gasteiger partial charge in [0.05, 0.1) is 23.5 Å². The minimum absolute atomic E-state index is 0.175. The van der Waals surface area contributed by atoms with Crippen LogP contribution in [0, 0.1) is 0 Å². The predicted octanol–water partition coefficient (Wildman–Crippen LogP) is 0.533. The Kier molecular flexibility index (Phi) is 3.98. The first-order valence-corrected chi connectivity index (χ1v) is 8.62.